The molecule has 1 aliphatic rings. The van der Waals surface area contributed by atoms with Gasteiger partial charge in [-0.05, 0) is 49.1 Å². The molecule has 2 unspecified atom stereocenters. The minimum atomic E-state index is -0.326. The fraction of sp³-hybridized carbons (Fsp3) is 0.625. The van der Waals surface area contributed by atoms with Crippen LogP contribution in [0.1, 0.15) is 49.7 Å². The van der Waals surface area contributed by atoms with Crippen molar-refractivity contribution in [3.8, 4) is 0 Å². The zero-order valence-electron chi connectivity index (χ0n) is 11.3. The first kappa shape index (κ1) is 13.6. The Hall–Kier alpha value is -0.860. The fourth-order valence-electron chi connectivity index (χ4n) is 2.86. The van der Waals surface area contributed by atoms with Crippen molar-refractivity contribution in [3.63, 3.8) is 0 Å². The average molecular weight is 248 g/mol. The Morgan fingerprint density at radius 1 is 1.39 bits per heavy atom. The number of rotatable bonds is 6. The van der Waals surface area contributed by atoms with E-state index in [1.165, 1.54) is 30.4 Å². The summed E-state index contributed by atoms with van der Waals surface area (Å²) in [7, 11) is 0. The van der Waals surface area contributed by atoms with Crippen LogP contribution in [-0.4, -0.2) is 24.4 Å². The van der Waals surface area contributed by atoms with Gasteiger partial charge in [-0.15, -0.1) is 0 Å². The molecule has 0 amide bonds. The second kappa shape index (κ2) is 6.91. The molecule has 1 N–H and O–H groups in total. The fourth-order valence-corrected chi connectivity index (χ4v) is 2.86. The van der Waals surface area contributed by atoms with Gasteiger partial charge in [0.05, 0.1) is 12.7 Å². The van der Waals surface area contributed by atoms with Crippen molar-refractivity contribution in [1.29, 1.82) is 0 Å². The molecule has 1 aliphatic carbocycles. The van der Waals surface area contributed by atoms with Crippen LogP contribution in [0, 0.1) is 0 Å². The molecule has 0 aromatic heterocycles. The second-order valence-corrected chi connectivity index (χ2v) is 5.25. The van der Waals surface area contributed by atoms with Crippen molar-refractivity contribution < 1.29 is 9.84 Å². The van der Waals surface area contributed by atoms with Crippen LogP contribution in [0.4, 0.5) is 0 Å². The van der Waals surface area contributed by atoms with Gasteiger partial charge in [0.15, 0.2) is 0 Å². The normalized spacial score (nSPS) is 20.4. The molecule has 18 heavy (non-hydrogen) atoms. The van der Waals surface area contributed by atoms with Crippen LogP contribution in [0.2, 0.25) is 0 Å². The summed E-state index contributed by atoms with van der Waals surface area (Å²) in [5, 5.41) is 10.0. The highest BCUT2D eigenvalue weighted by Gasteiger charge is 2.22. The standard InChI is InChI=1S/C16H24O2/c1-2-10-18-12-15(17)11-14-8-5-7-13-6-3-4-9-16(13)14/h3-4,6,9,14-15,17H,2,5,7-8,10-12H2,1H3. The Bertz CT molecular complexity index is 362. The van der Waals surface area contributed by atoms with Gasteiger partial charge in [-0.2, -0.15) is 0 Å². The van der Waals surface area contributed by atoms with Crippen LogP contribution < -0.4 is 0 Å². The van der Waals surface area contributed by atoms with Crippen LogP contribution in [0.5, 0.6) is 0 Å². The summed E-state index contributed by atoms with van der Waals surface area (Å²) < 4.78 is 5.42. The smallest absolute Gasteiger partial charge is 0.0779 e. The lowest BCUT2D eigenvalue weighted by atomic mass is 9.80. The molecule has 0 bridgehead atoms. The highest BCUT2D eigenvalue weighted by Crippen LogP contribution is 2.34. The molecule has 2 rings (SSSR count). The molecule has 0 heterocycles. The van der Waals surface area contributed by atoms with E-state index in [0.717, 1.165) is 19.4 Å². The Morgan fingerprint density at radius 2 is 2.22 bits per heavy atom. The number of ether oxygens (including phenoxy) is 1. The molecule has 0 spiro atoms. The zero-order chi connectivity index (χ0) is 12.8. The van der Waals surface area contributed by atoms with Crippen molar-refractivity contribution in [3.05, 3.63) is 35.4 Å². The van der Waals surface area contributed by atoms with E-state index in [-0.39, 0.29) is 6.10 Å². The summed E-state index contributed by atoms with van der Waals surface area (Å²) in [4.78, 5) is 0. The van der Waals surface area contributed by atoms with Crippen LogP contribution in [0.3, 0.4) is 0 Å². The Labute approximate surface area is 110 Å². The van der Waals surface area contributed by atoms with Crippen LogP contribution >= 0.6 is 0 Å². The third kappa shape index (κ3) is 3.56. The molecule has 1 aromatic carbocycles. The highest BCUT2D eigenvalue weighted by molar-refractivity contribution is 5.32. The third-order valence-electron chi connectivity index (χ3n) is 3.71. The minimum Gasteiger partial charge on any atom is -0.391 e. The maximum Gasteiger partial charge on any atom is 0.0779 e. The summed E-state index contributed by atoms with van der Waals surface area (Å²) in [5.74, 6) is 0.509. The summed E-state index contributed by atoms with van der Waals surface area (Å²) >= 11 is 0. The van der Waals surface area contributed by atoms with Gasteiger partial charge in [0, 0.05) is 6.61 Å². The maximum absolute atomic E-state index is 10.0. The molecule has 0 fully saturated rings. The molecule has 100 valence electrons. The summed E-state index contributed by atoms with van der Waals surface area (Å²) in [6.07, 6.45) is 5.15. The number of hydrogen-bond acceptors (Lipinski definition) is 2. The molecule has 1 aromatic rings. The minimum absolute atomic E-state index is 0.326. The SMILES string of the molecule is CCCOCC(O)CC1CCCc2ccccc21. The van der Waals surface area contributed by atoms with Crippen molar-refractivity contribution >= 4 is 0 Å². The van der Waals surface area contributed by atoms with Gasteiger partial charge in [0.25, 0.3) is 0 Å². The Morgan fingerprint density at radius 3 is 3.06 bits per heavy atom. The number of aliphatic hydroxyl groups excluding tert-OH is 1. The van der Waals surface area contributed by atoms with Gasteiger partial charge in [0.2, 0.25) is 0 Å². The molecule has 0 radical (unpaired) electrons. The first-order chi connectivity index (χ1) is 8.81. The van der Waals surface area contributed by atoms with Crippen molar-refractivity contribution in [2.45, 2.75) is 51.0 Å². The Kier molecular flexibility index (Phi) is 5.21. The molecular formula is C16H24O2. The van der Waals surface area contributed by atoms with E-state index in [0.29, 0.717) is 12.5 Å². The van der Waals surface area contributed by atoms with Crippen LogP contribution in [0.15, 0.2) is 24.3 Å². The zero-order valence-corrected chi connectivity index (χ0v) is 11.3. The maximum atomic E-state index is 10.0. The first-order valence-electron chi connectivity index (χ1n) is 7.15. The quantitative estimate of drug-likeness (QED) is 0.783. The van der Waals surface area contributed by atoms with Gasteiger partial charge < -0.3 is 9.84 Å². The largest absolute Gasteiger partial charge is 0.391 e. The van der Waals surface area contributed by atoms with E-state index in [1.807, 2.05) is 0 Å². The lowest BCUT2D eigenvalue weighted by Crippen LogP contribution is -2.21. The highest BCUT2D eigenvalue weighted by atomic mass is 16.5. The number of hydrogen-bond donors (Lipinski definition) is 1. The summed E-state index contributed by atoms with van der Waals surface area (Å²) in [6.45, 7) is 3.31. The second-order valence-electron chi connectivity index (χ2n) is 5.25. The van der Waals surface area contributed by atoms with E-state index in [1.54, 1.807) is 0 Å². The molecule has 2 heteroatoms. The van der Waals surface area contributed by atoms with Crippen molar-refractivity contribution in [2.24, 2.45) is 0 Å². The van der Waals surface area contributed by atoms with Crippen LogP contribution in [0.25, 0.3) is 0 Å². The van der Waals surface area contributed by atoms with Gasteiger partial charge in [0.1, 0.15) is 0 Å². The van der Waals surface area contributed by atoms with E-state index in [9.17, 15) is 5.11 Å². The topological polar surface area (TPSA) is 29.5 Å². The molecule has 2 atom stereocenters. The first-order valence-corrected chi connectivity index (χ1v) is 7.15. The van der Waals surface area contributed by atoms with E-state index < -0.39 is 0 Å². The van der Waals surface area contributed by atoms with Crippen molar-refractivity contribution in [2.75, 3.05) is 13.2 Å². The van der Waals surface area contributed by atoms with E-state index in [2.05, 4.69) is 31.2 Å². The number of aryl methyl sites for hydroxylation is 1. The number of benzene rings is 1. The molecule has 0 saturated heterocycles. The lowest BCUT2D eigenvalue weighted by Gasteiger charge is -2.27. The average Bonchev–Trinajstić information content (AvgIpc) is 2.39. The summed E-state index contributed by atoms with van der Waals surface area (Å²) in [5.41, 5.74) is 2.91. The van der Waals surface area contributed by atoms with Gasteiger partial charge in [-0.25, -0.2) is 0 Å². The monoisotopic (exact) mass is 248 g/mol. The third-order valence-corrected chi connectivity index (χ3v) is 3.71. The predicted molar refractivity (Wildman–Crippen MR) is 73.9 cm³/mol. The van der Waals surface area contributed by atoms with Gasteiger partial charge in [-0.1, -0.05) is 31.2 Å². The summed E-state index contributed by atoms with van der Waals surface area (Å²) in [6, 6.07) is 8.67. The lowest BCUT2D eigenvalue weighted by molar-refractivity contribution is 0.0283. The van der Waals surface area contributed by atoms with Crippen LogP contribution in [-0.2, 0) is 11.2 Å². The van der Waals surface area contributed by atoms with Gasteiger partial charge in [-0.3, -0.25) is 0 Å². The predicted octanol–water partition coefficient (Wildman–Crippen LogP) is 3.28. The molecule has 0 aliphatic heterocycles. The number of aliphatic hydroxyl groups is 1. The van der Waals surface area contributed by atoms with E-state index >= 15 is 0 Å². The molecule has 2 nitrogen and oxygen atoms in total. The Balaban J connectivity index is 1.90. The molecule has 0 saturated carbocycles. The number of fused-ring (bicyclic) bond motifs is 1. The molecular weight excluding hydrogens is 224 g/mol. The van der Waals surface area contributed by atoms with Crippen molar-refractivity contribution in [1.82, 2.24) is 0 Å². The van der Waals surface area contributed by atoms with E-state index in [4.69, 9.17) is 4.74 Å². The van der Waals surface area contributed by atoms with Gasteiger partial charge >= 0.3 is 0 Å².